The van der Waals surface area contributed by atoms with Gasteiger partial charge in [0.15, 0.2) is 0 Å². The number of hydrogen-bond donors (Lipinski definition) is 0. The Morgan fingerprint density at radius 3 is 1.83 bits per heavy atom. The lowest BCUT2D eigenvalue weighted by atomic mass is 9.93. The van der Waals surface area contributed by atoms with Crippen LogP contribution in [0.4, 0.5) is 17.1 Å². The van der Waals surface area contributed by atoms with Crippen molar-refractivity contribution in [1.29, 1.82) is 0 Å². The molecule has 0 aliphatic carbocycles. The summed E-state index contributed by atoms with van der Waals surface area (Å²) in [5.74, 6) is 0. The van der Waals surface area contributed by atoms with Crippen LogP contribution < -0.4 is 4.90 Å². The molecule has 0 saturated carbocycles. The summed E-state index contributed by atoms with van der Waals surface area (Å²) in [5.41, 5.74) is 11.2. The van der Waals surface area contributed by atoms with E-state index in [2.05, 4.69) is 169 Å². The van der Waals surface area contributed by atoms with E-state index >= 15 is 0 Å². The van der Waals surface area contributed by atoms with Gasteiger partial charge in [0.25, 0.3) is 0 Å². The fraction of sp³-hybridized carbons (Fsp3) is 0. The van der Waals surface area contributed by atoms with Gasteiger partial charge in [0.2, 0.25) is 0 Å². The normalized spacial score (nSPS) is 11.8. The van der Waals surface area contributed by atoms with E-state index in [-0.39, 0.29) is 0 Å². The molecule has 248 valence electrons. The summed E-state index contributed by atoms with van der Waals surface area (Å²) in [7, 11) is 0. The molecule has 2 heterocycles. The maximum atomic E-state index is 6.49. The molecule has 9 aromatic carbocycles. The number of furan rings is 2. The summed E-state index contributed by atoms with van der Waals surface area (Å²) in [6.45, 7) is 0. The molecule has 11 aromatic rings. The molecule has 11 rings (SSSR count). The van der Waals surface area contributed by atoms with E-state index in [1.54, 1.807) is 0 Å². The highest BCUT2D eigenvalue weighted by Crippen LogP contribution is 2.45. The predicted molar refractivity (Wildman–Crippen MR) is 222 cm³/mol. The fourth-order valence-electron chi connectivity index (χ4n) is 8.24. The number of anilines is 3. The van der Waals surface area contributed by atoms with Crippen molar-refractivity contribution in [3.05, 3.63) is 188 Å². The number of rotatable bonds is 5. The average Bonchev–Trinajstić information content (AvgIpc) is 3.80. The molecule has 53 heavy (non-hydrogen) atoms. The van der Waals surface area contributed by atoms with Gasteiger partial charge in [-0.25, -0.2) is 0 Å². The van der Waals surface area contributed by atoms with Gasteiger partial charge in [-0.1, -0.05) is 133 Å². The lowest BCUT2D eigenvalue weighted by Gasteiger charge is -2.27. The first-order chi connectivity index (χ1) is 26.3. The van der Waals surface area contributed by atoms with Crippen LogP contribution in [0.25, 0.3) is 87.7 Å². The van der Waals surface area contributed by atoms with Gasteiger partial charge in [-0.3, -0.25) is 0 Å². The molecule has 0 radical (unpaired) electrons. The Balaban J connectivity index is 1.11. The molecule has 0 atom stereocenters. The maximum Gasteiger partial charge on any atom is 0.143 e. The molecule has 3 nitrogen and oxygen atoms in total. The minimum absolute atomic E-state index is 0.858. The minimum Gasteiger partial charge on any atom is -0.456 e. The topological polar surface area (TPSA) is 29.5 Å². The van der Waals surface area contributed by atoms with E-state index in [4.69, 9.17) is 8.83 Å². The summed E-state index contributed by atoms with van der Waals surface area (Å²) in [5, 5.41) is 9.43. The maximum absolute atomic E-state index is 6.49. The van der Waals surface area contributed by atoms with Crippen molar-refractivity contribution >= 4 is 82.5 Å². The van der Waals surface area contributed by atoms with E-state index in [0.29, 0.717) is 0 Å². The van der Waals surface area contributed by atoms with Crippen molar-refractivity contribution in [2.45, 2.75) is 0 Å². The van der Waals surface area contributed by atoms with E-state index in [0.717, 1.165) is 72.1 Å². The first-order valence-electron chi connectivity index (χ1n) is 18.0. The molecular formula is C50H31NO2. The second-order valence-electron chi connectivity index (χ2n) is 13.7. The van der Waals surface area contributed by atoms with Crippen molar-refractivity contribution in [2.24, 2.45) is 0 Å². The number of hydrogen-bond acceptors (Lipinski definition) is 3. The third-order valence-corrected chi connectivity index (χ3v) is 10.6. The molecule has 3 heteroatoms. The van der Waals surface area contributed by atoms with Crippen LogP contribution in [0.1, 0.15) is 0 Å². The predicted octanol–water partition coefficient (Wildman–Crippen LogP) is 14.6. The van der Waals surface area contributed by atoms with Gasteiger partial charge >= 0.3 is 0 Å². The quantitative estimate of drug-likeness (QED) is 0.170. The second-order valence-corrected chi connectivity index (χ2v) is 13.7. The van der Waals surface area contributed by atoms with Gasteiger partial charge in [0.05, 0.1) is 11.1 Å². The molecule has 0 spiro atoms. The van der Waals surface area contributed by atoms with Crippen molar-refractivity contribution in [1.82, 2.24) is 0 Å². The Morgan fingerprint density at radius 1 is 0.340 bits per heavy atom. The third kappa shape index (κ3) is 4.68. The van der Waals surface area contributed by atoms with E-state index in [9.17, 15) is 0 Å². The van der Waals surface area contributed by atoms with Gasteiger partial charge in [-0.05, 0) is 92.8 Å². The van der Waals surface area contributed by atoms with E-state index < -0.39 is 0 Å². The molecule has 0 fully saturated rings. The third-order valence-electron chi connectivity index (χ3n) is 10.6. The van der Waals surface area contributed by atoms with Crippen LogP contribution in [0.2, 0.25) is 0 Å². The zero-order valence-electron chi connectivity index (χ0n) is 28.7. The first-order valence-corrected chi connectivity index (χ1v) is 18.0. The van der Waals surface area contributed by atoms with Gasteiger partial charge in [0.1, 0.15) is 22.3 Å². The first kappa shape index (κ1) is 29.6. The summed E-state index contributed by atoms with van der Waals surface area (Å²) in [6, 6.07) is 66.8. The largest absolute Gasteiger partial charge is 0.456 e. The highest BCUT2D eigenvalue weighted by Gasteiger charge is 2.21. The van der Waals surface area contributed by atoms with Crippen LogP contribution >= 0.6 is 0 Å². The zero-order valence-corrected chi connectivity index (χ0v) is 28.7. The van der Waals surface area contributed by atoms with Gasteiger partial charge in [-0.15, -0.1) is 0 Å². The van der Waals surface area contributed by atoms with Crippen LogP contribution in [-0.2, 0) is 0 Å². The number of para-hydroxylation sites is 3. The summed E-state index contributed by atoms with van der Waals surface area (Å²) in [4.78, 5) is 2.36. The summed E-state index contributed by atoms with van der Waals surface area (Å²) in [6.07, 6.45) is 0. The summed E-state index contributed by atoms with van der Waals surface area (Å²) < 4.78 is 12.9. The fourth-order valence-corrected chi connectivity index (χ4v) is 8.24. The lowest BCUT2D eigenvalue weighted by molar-refractivity contribution is 0.669. The van der Waals surface area contributed by atoms with Gasteiger partial charge in [0, 0.05) is 33.1 Å². The number of benzene rings is 9. The smallest absolute Gasteiger partial charge is 0.143 e. The Kier molecular flexibility index (Phi) is 6.55. The molecule has 0 bridgehead atoms. The number of nitrogens with zero attached hydrogens (tertiary/aromatic N) is 1. The van der Waals surface area contributed by atoms with Crippen LogP contribution in [0, 0.1) is 0 Å². The standard InChI is InChI=1S/C50H31NO2/c1-2-15-37-34(12-1)31-44(40-17-4-3-16-39(37)40)32-26-28-35(29-27-32)51(45-22-11-25-48-49(45)43-19-6-8-24-47(43)52-48)36-14-9-13-33(30-36)38-20-10-21-42-41-18-5-7-23-46(41)53-50(38)42/h1-31H. The molecule has 0 unspecified atom stereocenters. The Morgan fingerprint density at radius 2 is 0.981 bits per heavy atom. The molecule has 0 aliphatic heterocycles. The Hall–Kier alpha value is -7.10. The van der Waals surface area contributed by atoms with Gasteiger partial charge in [-0.2, -0.15) is 0 Å². The van der Waals surface area contributed by atoms with E-state index in [1.807, 2.05) is 24.3 Å². The van der Waals surface area contributed by atoms with Crippen LogP contribution in [0.5, 0.6) is 0 Å². The Labute approximate surface area is 305 Å². The van der Waals surface area contributed by atoms with Crippen molar-refractivity contribution in [3.63, 3.8) is 0 Å². The van der Waals surface area contributed by atoms with E-state index in [1.165, 1.54) is 32.7 Å². The highest BCUT2D eigenvalue weighted by atomic mass is 16.3. The SMILES string of the molecule is c1cc(-c2cccc3c2oc2ccccc23)cc(N(c2ccc(-c3cc4ccccc4c4ccccc34)cc2)c2cccc3oc4ccccc4c23)c1. The van der Waals surface area contributed by atoms with Crippen LogP contribution in [0.15, 0.2) is 197 Å². The van der Waals surface area contributed by atoms with Crippen molar-refractivity contribution in [2.75, 3.05) is 4.90 Å². The number of fused-ring (bicyclic) bond motifs is 9. The van der Waals surface area contributed by atoms with Gasteiger partial charge < -0.3 is 13.7 Å². The summed E-state index contributed by atoms with van der Waals surface area (Å²) >= 11 is 0. The minimum atomic E-state index is 0.858. The zero-order chi connectivity index (χ0) is 34.9. The highest BCUT2D eigenvalue weighted by molar-refractivity contribution is 6.15. The molecule has 0 amide bonds. The monoisotopic (exact) mass is 677 g/mol. The Bertz CT molecular complexity index is 3180. The molecule has 0 saturated heterocycles. The molecule has 0 N–H and O–H groups in total. The van der Waals surface area contributed by atoms with Crippen molar-refractivity contribution < 1.29 is 8.83 Å². The van der Waals surface area contributed by atoms with Crippen LogP contribution in [0.3, 0.4) is 0 Å². The molecule has 0 aliphatic rings. The van der Waals surface area contributed by atoms with Crippen molar-refractivity contribution in [3.8, 4) is 22.3 Å². The second kappa shape index (κ2) is 11.7. The molecule has 2 aromatic heterocycles. The van der Waals surface area contributed by atoms with Crippen LogP contribution in [-0.4, -0.2) is 0 Å². The average molecular weight is 678 g/mol. The molecular weight excluding hydrogens is 647 g/mol. The lowest BCUT2D eigenvalue weighted by Crippen LogP contribution is -2.10.